The van der Waals surface area contributed by atoms with Gasteiger partial charge in [-0.2, -0.15) is 0 Å². The third kappa shape index (κ3) is 4.16. The van der Waals surface area contributed by atoms with E-state index in [2.05, 4.69) is 22.6 Å². The van der Waals surface area contributed by atoms with E-state index in [1.165, 1.54) is 0 Å². The number of ether oxygens (including phenoxy) is 2. The summed E-state index contributed by atoms with van der Waals surface area (Å²) in [4.78, 5) is 45.1. The minimum atomic E-state index is -0.694. The van der Waals surface area contributed by atoms with Crippen molar-refractivity contribution in [2.24, 2.45) is 0 Å². The molecule has 0 aromatic carbocycles. The predicted molar refractivity (Wildman–Crippen MR) is 68.5 cm³/mol. The number of carbonyl (C=O) groups is 4. The molecule has 0 unspecified atom stereocenters. The van der Waals surface area contributed by atoms with Crippen LogP contribution in [0.3, 0.4) is 0 Å². The molecule has 0 radical (unpaired) electrons. The molecule has 0 bridgehead atoms. The molecule has 1 aliphatic carbocycles. The summed E-state index contributed by atoms with van der Waals surface area (Å²) in [7, 11) is 0. The zero-order chi connectivity index (χ0) is 15.1. The van der Waals surface area contributed by atoms with Crippen LogP contribution in [0.2, 0.25) is 0 Å². The summed E-state index contributed by atoms with van der Waals surface area (Å²) in [5.41, 5.74) is 0.0907. The van der Waals surface area contributed by atoms with Gasteiger partial charge in [0.25, 0.3) is 0 Å². The summed E-state index contributed by atoms with van der Waals surface area (Å²) in [5.74, 6) is -2.35. The van der Waals surface area contributed by atoms with E-state index in [-0.39, 0.29) is 24.4 Å². The molecule has 20 heavy (non-hydrogen) atoms. The Balaban J connectivity index is 2.66. The van der Waals surface area contributed by atoms with E-state index in [0.717, 1.165) is 24.3 Å². The minimum Gasteiger partial charge on any atom is -0.458 e. The first kappa shape index (κ1) is 15.3. The molecule has 0 fully saturated rings. The maximum atomic E-state index is 11.7. The lowest BCUT2D eigenvalue weighted by atomic mass is 9.98. The van der Waals surface area contributed by atoms with Crippen LogP contribution in [0, 0.1) is 0 Å². The van der Waals surface area contributed by atoms with Crippen LogP contribution in [0.15, 0.2) is 48.6 Å². The molecular weight excluding hydrogens is 264 g/mol. The molecule has 0 aromatic heterocycles. The van der Waals surface area contributed by atoms with Gasteiger partial charge < -0.3 is 9.47 Å². The lowest BCUT2D eigenvalue weighted by Crippen LogP contribution is -2.20. The Bertz CT molecular complexity index is 500. The molecule has 6 nitrogen and oxygen atoms in total. The molecule has 1 aliphatic rings. The predicted octanol–water partition coefficient (Wildman–Crippen LogP) is 0.449. The Morgan fingerprint density at radius 1 is 0.900 bits per heavy atom. The molecule has 0 amide bonds. The van der Waals surface area contributed by atoms with Crippen molar-refractivity contribution in [3.8, 4) is 0 Å². The molecule has 104 valence electrons. The molecule has 0 saturated heterocycles. The zero-order valence-corrected chi connectivity index (χ0v) is 10.6. The fourth-order valence-electron chi connectivity index (χ4n) is 1.29. The summed E-state index contributed by atoms with van der Waals surface area (Å²) in [6.45, 7) is 5.78. The highest BCUT2D eigenvalue weighted by Gasteiger charge is 2.21. The second kappa shape index (κ2) is 6.98. The van der Waals surface area contributed by atoms with Crippen molar-refractivity contribution in [1.29, 1.82) is 0 Å². The first-order chi connectivity index (χ1) is 9.47. The van der Waals surface area contributed by atoms with Gasteiger partial charge in [-0.1, -0.05) is 13.2 Å². The Morgan fingerprint density at radius 2 is 1.25 bits per heavy atom. The lowest BCUT2D eigenvalue weighted by molar-refractivity contribution is -0.138. The van der Waals surface area contributed by atoms with E-state index >= 15 is 0 Å². The summed E-state index contributed by atoms with van der Waals surface area (Å²) >= 11 is 0. The van der Waals surface area contributed by atoms with Crippen LogP contribution in [0.5, 0.6) is 0 Å². The van der Waals surface area contributed by atoms with Crippen LogP contribution in [-0.2, 0) is 28.7 Å². The Hall–Kier alpha value is -2.76. The average Bonchev–Trinajstić information content (AvgIpc) is 2.45. The van der Waals surface area contributed by atoms with Crippen molar-refractivity contribution in [1.82, 2.24) is 0 Å². The number of carbonyl (C=O) groups excluding carboxylic acids is 4. The van der Waals surface area contributed by atoms with Gasteiger partial charge in [0.1, 0.15) is 13.2 Å². The van der Waals surface area contributed by atoms with Gasteiger partial charge in [-0.25, -0.2) is 9.59 Å². The molecule has 6 heteroatoms. The molecule has 0 spiro atoms. The number of allylic oxidation sites excluding steroid dienone is 2. The van der Waals surface area contributed by atoms with Crippen LogP contribution < -0.4 is 0 Å². The van der Waals surface area contributed by atoms with E-state index in [0.29, 0.717) is 0 Å². The Morgan fingerprint density at radius 3 is 1.55 bits per heavy atom. The molecule has 1 rings (SSSR count). The largest absolute Gasteiger partial charge is 0.458 e. The average molecular weight is 276 g/mol. The highest BCUT2D eigenvalue weighted by atomic mass is 16.5. The first-order valence-electron chi connectivity index (χ1n) is 5.56. The van der Waals surface area contributed by atoms with E-state index in [1.807, 2.05) is 0 Å². The van der Waals surface area contributed by atoms with Crippen molar-refractivity contribution in [3.05, 3.63) is 48.6 Å². The third-order valence-electron chi connectivity index (χ3n) is 2.32. The summed E-state index contributed by atoms with van der Waals surface area (Å²) in [5, 5.41) is 0. The lowest BCUT2D eigenvalue weighted by Gasteiger charge is -2.12. The first-order valence-corrected chi connectivity index (χ1v) is 5.56. The SMILES string of the molecule is C=CC(=O)OCC1=CC(=O)C(COC(=O)C=C)=CC1=O. The van der Waals surface area contributed by atoms with Gasteiger partial charge in [-0.15, -0.1) is 0 Å². The van der Waals surface area contributed by atoms with Crippen LogP contribution in [0.25, 0.3) is 0 Å². The summed E-state index contributed by atoms with van der Waals surface area (Å²) in [6.07, 6.45) is 4.00. The third-order valence-corrected chi connectivity index (χ3v) is 2.32. The van der Waals surface area contributed by atoms with Gasteiger partial charge in [-0.3, -0.25) is 9.59 Å². The van der Waals surface area contributed by atoms with Crippen molar-refractivity contribution >= 4 is 23.5 Å². The number of rotatable bonds is 6. The highest BCUT2D eigenvalue weighted by molar-refractivity contribution is 6.20. The van der Waals surface area contributed by atoms with Crippen molar-refractivity contribution in [3.63, 3.8) is 0 Å². The monoisotopic (exact) mass is 276 g/mol. The maximum Gasteiger partial charge on any atom is 0.330 e. The quantitative estimate of drug-likeness (QED) is 0.397. The van der Waals surface area contributed by atoms with Crippen LogP contribution >= 0.6 is 0 Å². The molecule has 0 heterocycles. The highest BCUT2D eigenvalue weighted by Crippen LogP contribution is 2.13. The van der Waals surface area contributed by atoms with Crippen molar-refractivity contribution in [2.45, 2.75) is 0 Å². The van der Waals surface area contributed by atoms with Gasteiger partial charge in [0, 0.05) is 23.3 Å². The van der Waals surface area contributed by atoms with Crippen LogP contribution in [0.1, 0.15) is 0 Å². The van der Waals surface area contributed by atoms with E-state index in [4.69, 9.17) is 0 Å². The van der Waals surface area contributed by atoms with Crippen molar-refractivity contribution < 1.29 is 28.7 Å². The minimum absolute atomic E-state index is 0.0454. The van der Waals surface area contributed by atoms with Crippen LogP contribution in [-0.4, -0.2) is 36.7 Å². The van der Waals surface area contributed by atoms with E-state index in [9.17, 15) is 19.2 Å². The van der Waals surface area contributed by atoms with Gasteiger partial charge in [0.15, 0.2) is 11.6 Å². The topological polar surface area (TPSA) is 86.7 Å². The molecule has 0 aromatic rings. The zero-order valence-electron chi connectivity index (χ0n) is 10.6. The maximum absolute atomic E-state index is 11.7. The Kier molecular flexibility index (Phi) is 5.34. The summed E-state index contributed by atoms with van der Waals surface area (Å²) in [6, 6.07) is 0. The van der Waals surface area contributed by atoms with Gasteiger partial charge in [0.05, 0.1) is 0 Å². The smallest absolute Gasteiger partial charge is 0.330 e. The van der Waals surface area contributed by atoms with Crippen LogP contribution in [0.4, 0.5) is 0 Å². The fourth-order valence-corrected chi connectivity index (χ4v) is 1.29. The van der Waals surface area contributed by atoms with Gasteiger partial charge in [-0.05, 0) is 12.2 Å². The molecular formula is C14H12O6. The Labute approximate surface area is 115 Å². The van der Waals surface area contributed by atoms with Gasteiger partial charge in [0.2, 0.25) is 0 Å². The fraction of sp³-hybridized carbons (Fsp3) is 0.143. The van der Waals surface area contributed by atoms with Gasteiger partial charge >= 0.3 is 11.9 Å². The molecule has 0 saturated carbocycles. The molecule has 0 N–H and O–H groups in total. The second-order valence-electron chi connectivity index (χ2n) is 3.69. The van der Waals surface area contributed by atoms with Crippen molar-refractivity contribution in [2.75, 3.05) is 13.2 Å². The van der Waals surface area contributed by atoms with E-state index < -0.39 is 23.5 Å². The number of ketones is 2. The molecule has 0 aliphatic heterocycles. The normalized spacial score (nSPS) is 14.0. The number of hydrogen-bond acceptors (Lipinski definition) is 6. The standard InChI is InChI=1S/C14H12O6/c1-3-13(17)19-7-9-5-12(16)10(6-11(9)15)8-20-14(18)4-2/h3-6H,1-2,7-8H2. The number of esters is 2. The number of hydrogen-bond donors (Lipinski definition) is 0. The summed E-state index contributed by atoms with van der Waals surface area (Å²) < 4.78 is 9.35. The molecule has 0 atom stereocenters. The second-order valence-corrected chi connectivity index (χ2v) is 3.69. The van der Waals surface area contributed by atoms with E-state index in [1.54, 1.807) is 0 Å².